The molecule has 23 heavy (non-hydrogen) atoms. The highest BCUT2D eigenvalue weighted by Gasteiger charge is 2.13. The third-order valence-electron chi connectivity index (χ3n) is 4.41. The second-order valence-corrected chi connectivity index (χ2v) is 6.72. The standard InChI is InChI=1S/C19H12BrN3/c1-23-17-7-6-13(20)10-14(17)18-19(23)22-16-9-12-5-3-2-4-11(12)8-15(16)21-18/h2-10H,1H3. The molecule has 0 amide bonds. The summed E-state index contributed by atoms with van der Waals surface area (Å²) < 4.78 is 3.16. The van der Waals surface area contributed by atoms with Crippen LogP contribution in [0.5, 0.6) is 0 Å². The quantitative estimate of drug-likeness (QED) is 0.355. The molecule has 5 rings (SSSR count). The van der Waals surface area contributed by atoms with Gasteiger partial charge >= 0.3 is 0 Å². The number of fused-ring (bicyclic) bond motifs is 5. The van der Waals surface area contributed by atoms with Gasteiger partial charge in [-0.1, -0.05) is 40.2 Å². The zero-order chi connectivity index (χ0) is 15.6. The Bertz CT molecular complexity index is 1240. The van der Waals surface area contributed by atoms with E-state index in [2.05, 4.69) is 75.1 Å². The van der Waals surface area contributed by atoms with Crippen molar-refractivity contribution in [1.82, 2.24) is 14.5 Å². The van der Waals surface area contributed by atoms with E-state index in [0.717, 1.165) is 37.6 Å². The van der Waals surface area contributed by atoms with E-state index in [4.69, 9.17) is 9.97 Å². The zero-order valence-electron chi connectivity index (χ0n) is 12.4. The summed E-state index contributed by atoms with van der Waals surface area (Å²) in [6.07, 6.45) is 0. The lowest BCUT2D eigenvalue weighted by Crippen LogP contribution is -1.92. The van der Waals surface area contributed by atoms with Crippen molar-refractivity contribution in [1.29, 1.82) is 0 Å². The Hall–Kier alpha value is -2.46. The largest absolute Gasteiger partial charge is 0.327 e. The van der Waals surface area contributed by atoms with Crippen molar-refractivity contribution in [2.24, 2.45) is 7.05 Å². The van der Waals surface area contributed by atoms with Gasteiger partial charge in [0.25, 0.3) is 0 Å². The highest BCUT2D eigenvalue weighted by atomic mass is 79.9. The van der Waals surface area contributed by atoms with E-state index < -0.39 is 0 Å². The lowest BCUT2D eigenvalue weighted by molar-refractivity contribution is 0.992. The Labute approximate surface area is 140 Å². The molecule has 0 bridgehead atoms. The Morgan fingerprint density at radius 1 is 0.870 bits per heavy atom. The van der Waals surface area contributed by atoms with Gasteiger partial charge in [-0.3, -0.25) is 0 Å². The van der Waals surface area contributed by atoms with E-state index >= 15 is 0 Å². The summed E-state index contributed by atoms with van der Waals surface area (Å²) in [5.74, 6) is 0. The predicted molar refractivity (Wildman–Crippen MR) is 98.7 cm³/mol. The topological polar surface area (TPSA) is 30.7 Å². The maximum Gasteiger partial charge on any atom is 0.160 e. The maximum absolute atomic E-state index is 4.91. The van der Waals surface area contributed by atoms with E-state index in [1.165, 1.54) is 10.8 Å². The molecule has 0 aliphatic rings. The van der Waals surface area contributed by atoms with Crippen LogP contribution in [0.3, 0.4) is 0 Å². The fourth-order valence-corrected chi connectivity index (χ4v) is 3.61. The van der Waals surface area contributed by atoms with Crippen LogP contribution in [0.4, 0.5) is 0 Å². The van der Waals surface area contributed by atoms with Crippen LogP contribution in [-0.2, 0) is 7.05 Å². The molecule has 0 unspecified atom stereocenters. The molecule has 0 aliphatic heterocycles. The van der Waals surface area contributed by atoms with Crippen molar-refractivity contribution in [2.45, 2.75) is 0 Å². The lowest BCUT2D eigenvalue weighted by atomic mass is 10.1. The Morgan fingerprint density at radius 2 is 1.57 bits per heavy atom. The van der Waals surface area contributed by atoms with Gasteiger partial charge < -0.3 is 4.57 Å². The Morgan fingerprint density at radius 3 is 2.30 bits per heavy atom. The minimum absolute atomic E-state index is 0.917. The molecule has 3 nitrogen and oxygen atoms in total. The van der Waals surface area contributed by atoms with Crippen LogP contribution in [0, 0.1) is 0 Å². The fourth-order valence-electron chi connectivity index (χ4n) is 3.25. The van der Waals surface area contributed by atoms with E-state index in [0.29, 0.717) is 0 Å². The first-order chi connectivity index (χ1) is 11.2. The van der Waals surface area contributed by atoms with Gasteiger partial charge in [-0.2, -0.15) is 0 Å². The second kappa shape index (κ2) is 4.52. The number of hydrogen-bond acceptors (Lipinski definition) is 2. The predicted octanol–water partition coefficient (Wildman–Crippen LogP) is 5.19. The van der Waals surface area contributed by atoms with Crippen molar-refractivity contribution < 1.29 is 0 Å². The van der Waals surface area contributed by atoms with Gasteiger partial charge in [0.15, 0.2) is 5.65 Å². The van der Waals surface area contributed by atoms with Crippen molar-refractivity contribution in [2.75, 3.05) is 0 Å². The first-order valence-electron chi connectivity index (χ1n) is 7.45. The molecule has 0 aliphatic carbocycles. The normalized spacial score (nSPS) is 11.9. The molecule has 0 saturated carbocycles. The molecule has 5 aromatic rings. The summed E-state index contributed by atoms with van der Waals surface area (Å²) in [5, 5.41) is 3.50. The van der Waals surface area contributed by atoms with E-state index in [1.807, 2.05) is 7.05 Å². The molecule has 110 valence electrons. The highest BCUT2D eigenvalue weighted by molar-refractivity contribution is 9.10. The third-order valence-corrected chi connectivity index (χ3v) is 4.90. The summed E-state index contributed by atoms with van der Waals surface area (Å²) >= 11 is 3.55. The van der Waals surface area contributed by atoms with E-state index in [9.17, 15) is 0 Å². The molecule has 0 atom stereocenters. The van der Waals surface area contributed by atoms with Gasteiger partial charge in [-0.15, -0.1) is 0 Å². The Balaban J connectivity index is 2.00. The lowest BCUT2D eigenvalue weighted by Gasteiger charge is -2.02. The van der Waals surface area contributed by atoms with Gasteiger partial charge in [0.2, 0.25) is 0 Å². The molecule has 0 spiro atoms. The van der Waals surface area contributed by atoms with Gasteiger partial charge in [0, 0.05) is 16.9 Å². The van der Waals surface area contributed by atoms with Crippen molar-refractivity contribution >= 4 is 59.8 Å². The summed E-state index contributed by atoms with van der Waals surface area (Å²) in [6, 6.07) is 18.8. The monoisotopic (exact) mass is 361 g/mol. The molecule has 2 heterocycles. The summed E-state index contributed by atoms with van der Waals surface area (Å²) in [6.45, 7) is 0. The molecule has 3 aromatic carbocycles. The second-order valence-electron chi connectivity index (χ2n) is 5.80. The van der Waals surface area contributed by atoms with Gasteiger partial charge in [-0.05, 0) is 41.1 Å². The van der Waals surface area contributed by atoms with E-state index in [1.54, 1.807) is 0 Å². The average molecular weight is 362 g/mol. The van der Waals surface area contributed by atoms with Crippen LogP contribution < -0.4 is 0 Å². The smallest absolute Gasteiger partial charge is 0.160 e. The highest BCUT2D eigenvalue weighted by Crippen LogP contribution is 2.30. The number of aryl methyl sites for hydroxylation is 1. The molecule has 0 N–H and O–H groups in total. The summed E-state index contributed by atoms with van der Waals surface area (Å²) in [7, 11) is 2.04. The zero-order valence-corrected chi connectivity index (χ0v) is 14.0. The molecule has 0 fully saturated rings. The maximum atomic E-state index is 4.91. The van der Waals surface area contributed by atoms with Crippen molar-refractivity contribution in [3.05, 3.63) is 59.1 Å². The molecule has 0 radical (unpaired) electrons. The first-order valence-corrected chi connectivity index (χ1v) is 8.24. The summed E-state index contributed by atoms with van der Waals surface area (Å²) in [4.78, 5) is 9.79. The van der Waals surface area contributed by atoms with E-state index in [-0.39, 0.29) is 0 Å². The van der Waals surface area contributed by atoms with Crippen LogP contribution in [-0.4, -0.2) is 14.5 Å². The van der Waals surface area contributed by atoms with Crippen LogP contribution >= 0.6 is 15.9 Å². The fraction of sp³-hybridized carbons (Fsp3) is 0.0526. The number of halogens is 1. The first kappa shape index (κ1) is 13.0. The number of benzene rings is 3. The molecular weight excluding hydrogens is 350 g/mol. The van der Waals surface area contributed by atoms with Crippen LogP contribution in [0.25, 0.3) is 43.9 Å². The van der Waals surface area contributed by atoms with Crippen LogP contribution in [0.1, 0.15) is 0 Å². The SMILES string of the molecule is Cn1c2ccc(Br)cc2c2nc3cc4ccccc4cc3nc21. The molecule has 2 aromatic heterocycles. The summed E-state index contributed by atoms with van der Waals surface area (Å²) in [5.41, 5.74) is 4.88. The third kappa shape index (κ3) is 1.82. The van der Waals surface area contributed by atoms with Gasteiger partial charge in [-0.25, -0.2) is 9.97 Å². The van der Waals surface area contributed by atoms with Crippen LogP contribution in [0.15, 0.2) is 59.1 Å². The number of hydrogen-bond donors (Lipinski definition) is 0. The average Bonchev–Trinajstić information content (AvgIpc) is 2.83. The minimum atomic E-state index is 0.917. The molecule has 4 heteroatoms. The molecule has 0 saturated heterocycles. The van der Waals surface area contributed by atoms with Gasteiger partial charge in [0.1, 0.15) is 5.52 Å². The van der Waals surface area contributed by atoms with Crippen molar-refractivity contribution in [3.8, 4) is 0 Å². The van der Waals surface area contributed by atoms with Crippen LogP contribution in [0.2, 0.25) is 0 Å². The number of aromatic nitrogens is 3. The van der Waals surface area contributed by atoms with Gasteiger partial charge in [0.05, 0.1) is 16.6 Å². The number of rotatable bonds is 0. The van der Waals surface area contributed by atoms with Crippen molar-refractivity contribution in [3.63, 3.8) is 0 Å². The number of nitrogens with zero attached hydrogens (tertiary/aromatic N) is 3. The Kier molecular flexibility index (Phi) is 2.56. The molecular formula is C19H12BrN3. The minimum Gasteiger partial charge on any atom is -0.327 e.